The van der Waals surface area contributed by atoms with E-state index in [1.165, 1.54) is 12.7 Å². The first-order valence-corrected chi connectivity index (χ1v) is 6.75. The molecule has 0 fully saturated rings. The third-order valence-electron chi connectivity index (χ3n) is 3.15. The topological polar surface area (TPSA) is 55.6 Å². The predicted molar refractivity (Wildman–Crippen MR) is 77.0 cm³/mol. The van der Waals surface area contributed by atoms with Gasteiger partial charge in [0.1, 0.15) is 0 Å². The summed E-state index contributed by atoms with van der Waals surface area (Å²) < 4.78 is 4.74. The molecule has 0 saturated heterocycles. The van der Waals surface area contributed by atoms with Crippen molar-refractivity contribution in [3.8, 4) is 0 Å². The van der Waals surface area contributed by atoms with E-state index in [9.17, 15) is 4.79 Å². The van der Waals surface area contributed by atoms with Crippen molar-refractivity contribution in [2.24, 2.45) is 5.73 Å². The van der Waals surface area contributed by atoms with Crippen LogP contribution in [0.15, 0.2) is 30.3 Å². The zero-order valence-electron chi connectivity index (χ0n) is 11.8. The Hall–Kier alpha value is -1.39. The second-order valence-electron chi connectivity index (χ2n) is 4.65. The van der Waals surface area contributed by atoms with Crippen LogP contribution in [0.2, 0.25) is 0 Å². The van der Waals surface area contributed by atoms with Crippen molar-refractivity contribution in [2.45, 2.75) is 19.3 Å². The molecule has 1 atom stereocenters. The SMILES string of the molecule is CCCN(CC(=O)OC)CC(CN)c1ccccc1. The minimum absolute atomic E-state index is 0.197. The maximum Gasteiger partial charge on any atom is 0.319 e. The number of carbonyl (C=O) groups is 1. The van der Waals surface area contributed by atoms with Crippen molar-refractivity contribution >= 4 is 5.97 Å². The fourth-order valence-corrected chi connectivity index (χ4v) is 2.15. The number of carbonyl (C=O) groups excluding carboxylic acids is 1. The highest BCUT2D eigenvalue weighted by molar-refractivity contribution is 5.71. The number of methoxy groups -OCH3 is 1. The minimum atomic E-state index is -0.197. The highest BCUT2D eigenvalue weighted by Crippen LogP contribution is 2.15. The Morgan fingerprint density at radius 2 is 2.05 bits per heavy atom. The first-order valence-electron chi connectivity index (χ1n) is 6.75. The highest BCUT2D eigenvalue weighted by Gasteiger charge is 2.16. The first-order chi connectivity index (χ1) is 9.21. The van der Waals surface area contributed by atoms with Crippen molar-refractivity contribution in [3.05, 3.63) is 35.9 Å². The van der Waals surface area contributed by atoms with Crippen LogP contribution < -0.4 is 5.73 Å². The summed E-state index contributed by atoms with van der Waals surface area (Å²) in [5, 5.41) is 0. The Kier molecular flexibility index (Phi) is 7.15. The molecule has 0 saturated carbocycles. The lowest BCUT2D eigenvalue weighted by Gasteiger charge is -2.25. The third-order valence-corrected chi connectivity index (χ3v) is 3.15. The number of nitrogens with zero attached hydrogens (tertiary/aromatic N) is 1. The molecular weight excluding hydrogens is 240 g/mol. The van der Waals surface area contributed by atoms with Gasteiger partial charge in [0.05, 0.1) is 13.7 Å². The number of hydrogen-bond donors (Lipinski definition) is 1. The average molecular weight is 264 g/mol. The number of hydrogen-bond acceptors (Lipinski definition) is 4. The summed E-state index contributed by atoms with van der Waals surface area (Å²) in [5.74, 6) is 0.0506. The Morgan fingerprint density at radius 3 is 2.58 bits per heavy atom. The molecule has 1 aromatic rings. The molecule has 4 heteroatoms. The van der Waals surface area contributed by atoms with E-state index in [1.54, 1.807) is 0 Å². The van der Waals surface area contributed by atoms with Crippen molar-refractivity contribution in [1.82, 2.24) is 4.90 Å². The summed E-state index contributed by atoms with van der Waals surface area (Å²) in [6.45, 7) is 4.66. The monoisotopic (exact) mass is 264 g/mol. The zero-order valence-corrected chi connectivity index (χ0v) is 11.8. The maximum absolute atomic E-state index is 11.4. The van der Waals surface area contributed by atoms with Crippen molar-refractivity contribution in [1.29, 1.82) is 0 Å². The van der Waals surface area contributed by atoms with Gasteiger partial charge >= 0.3 is 5.97 Å². The smallest absolute Gasteiger partial charge is 0.319 e. The molecule has 0 radical (unpaired) electrons. The number of ether oxygens (including phenoxy) is 1. The number of esters is 1. The van der Waals surface area contributed by atoms with E-state index in [2.05, 4.69) is 24.0 Å². The second-order valence-corrected chi connectivity index (χ2v) is 4.65. The van der Waals surface area contributed by atoms with E-state index in [-0.39, 0.29) is 11.9 Å². The molecule has 0 amide bonds. The normalized spacial score (nSPS) is 12.4. The van der Waals surface area contributed by atoms with Gasteiger partial charge in [-0.05, 0) is 18.5 Å². The molecule has 2 N–H and O–H groups in total. The summed E-state index contributed by atoms with van der Waals surface area (Å²) in [5.41, 5.74) is 7.09. The van der Waals surface area contributed by atoms with Crippen LogP contribution in [-0.4, -0.2) is 44.2 Å². The maximum atomic E-state index is 11.4. The largest absolute Gasteiger partial charge is 0.468 e. The van der Waals surface area contributed by atoms with Gasteiger partial charge in [-0.25, -0.2) is 0 Å². The molecule has 0 aliphatic carbocycles. The summed E-state index contributed by atoms with van der Waals surface area (Å²) in [4.78, 5) is 13.5. The molecule has 0 bridgehead atoms. The fourth-order valence-electron chi connectivity index (χ4n) is 2.15. The Bertz CT molecular complexity index is 368. The van der Waals surface area contributed by atoms with Gasteiger partial charge in [0.25, 0.3) is 0 Å². The van der Waals surface area contributed by atoms with E-state index in [4.69, 9.17) is 10.5 Å². The number of benzene rings is 1. The van der Waals surface area contributed by atoms with Crippen molar-refractivity contribution < 1.29 is 9.53 Å². The van der Waals surface area contributed by atoms with Gasteiger partial charge in [-0.1, -0.05) is 37.3 Å². The predicted octanol–water partition coefficient (Wildman–Crippen LogP) is 1.61. The molecule has 0 aliphatic heterocycles. The van der Waals surface area contributed by atoms with Crippen LogP contribution in [0, 0.1) is 0 Å². The minimum Gasteiger partial charge on any atom is -0.468 e. The lowest BCUT2D eigenvalue weighted by Crippen LogP contribution is -2.36. The van der Waals surface area contributed by atoms with Crippen molar-refractivity contribution in [2.75, 3.05) is 33.3 Å². The molecule has 0 aromatic heterocycles. The van der Waals surface area contributed by atoms with Crippen LogP contribution in [0.1, 0.15) is 24.8 Å². The molecule has 1 aromatic carbocycles. The van der Waals surface area contributed by atoms with Gasteiger partial charge in [-0.15, -0.1) is 0 Å². The van der Waals surface area contributed by atoms with E-state index in [0.29, 0.717) is 13.1 Å². The van der Waals surface area contributed by atoms with E-state index in [1.807, 2.05) is 18.2 Å². The number of rotatable bonds is 8. The van der Waals surface area contributed by atoms with Gasteiger partial charge in [0.2, 0.25) is 0 Å². The van der Waals surface area contributed by atoms with Gasteiger partial charge < -0.3 is 10.5 Å². The van der Waals surface area contributed by atoms with Crippen LogP contribution in [0.3, 0.4) is 0 Å². The van der Waals surface area contributed by atoms with Crippen LogP contribution in [0.25, 0.3) is 0 Å². The lowest BCUT2D eigenvalue weighted by atomic mass is 9.98. The lowest BCUT2D eigenvalue weighted by molar-refractivity contribution is -0.142. The Balaban J connectivity index is 2.67. The number of nitrogens with two attached hydrogens (primary N) is 1. The summed E-state index contributed by atoms with van der Waals surface area (Å²) >= 11 is 0. The van der Waals surface area contributed by atoms with Crippen LogP contribution >= 0.6 is 0 Å². The van der Waals surface area contributed by atoms with Gasteiger partial charge in [0.15, 0.2) is 0 Å². The van der Waals surface area contributed by atoms with Gasteiger partial charge in [-0.3, -0.25) is 9.69 Å². The van der Waals surface area contributed by atoms with E-state index >= 15 is 0 Å². The first kappa shape index (κ1) is 15.7. The molecule has 0 aliphatic rings. The van der Waals surface area contributed by atoms with Crippen LogP contribution in [0.5, 0.6) is 0 Å². The summed E-state index contributed by atoms with van der Waals surface area (Å²) in [6, 6.07) is 10.2. The summed E-state index contributed by atoms with van der Waals surface area (Å²) in [6.07, 6.45) is 1.00. The Labute approximate surface area is 115 Å². The van der Waals surface area contributed by atoms with Crippen LogP contribution in [0.4, 0.5) is 0 Å². The molecule has 4 nitrogen and oxygen atoms in total. The van der Waals surface area contributed by atoms with Crippen molar-refractivity contribution in [3.63, 3.8) is 0 Å². The van der Waals surface area contributed by atoms with Crippen LogP contribution in [-0.2, 0) is 9.53 Å². The average Bonchev–Trinajstić information content (AvgIpc) is 2.45. The molecule has 0 heterocycles. The molecule has 1 rings (SSSR count). The highest BCUT2D eigenvalue weighted by atomic mass is 16.5. The zero-order chi connectivity index (χ0) is 14.1. The molecule has 106 valence electrons. The van der Waals surface area contributed by atoms with E-state index in [0.717, 1.165) is 19.5 Å². The molecular formula is C15H24N2O2. The molecule has 1 unspecified atom stereocenters. The van der Waals surface area contributed by atoms with Gasteiger partial charge in [0, 0.05) is 19.0 Å². The second kappa shape index (κ2) is 8.67. The fraction of sp³-hybridized carbons (Fsp3) is 0.533. The standard InChI is InChI=1S/C15H24N2O2/c1-3-9-17(12-15(18)19-2)11-14(10-16)13-7-5-4-6-8-13/h4-8,14H,3,9-12,16H2,1-2H3. The Morgan fingerprint density at radius 1 is 1.37 bits per heavy atom. The summed E-state index contributed by atoms with van der Waals surface area (Å²) in [7, 11) is 1.42. The quantitative estimate of drug-likeness (QED) is 0.725. The molecule has 19 heavy (non-hydrogen) atoms. The van der Waals surface area contributed by atoms with E-state index < -0.39 is 0 Å². The molecule has 0 spiro atoms. The van der Waals surface area contributed by atoms with Gasteiger partial charge in [-0.2, -0.15) is 0 Å². The third kappa shape index (κ3) is 5.41.